The topological polar surface area (TPSA) is 53.8 Å². The average Bonchev–Trinajstić information content (AvgIpc) is 3.25. The third-order valence-corrected chi connectivity index (χ3v) is 5.05. The van der Waals surface area contributed by atoms with Gasteiger partial charge >= 0.3 is 0 Å². The van der Waals surface area contributed by atoms with Gasteiger partial charge in [0.1, 0.15) is 12.1 Å². The zero-order valence-corrected chi connectivity index (χ0v) is 13.7. The Labute approximate surface area is 145 Å². The fraction of sp³-hybridized carbons (Fsp3) is 0.368. The predicted octanol–water partition coefficient (Wildman–Crippen LogP) is 2.51. The number of furan rings is 1. The van der Waals surface area contributed by atoms with E-state index >= 15 is 0 Å². The molecule has 1 saturated heterocycles. The lowest BCUT2D eigenvalue weighted by molar-refractivity contribution is -0.134. The predicted molar refractivity (Wildman–Crippen MR) is 88.4 cm³/mol. The monoisotopic (exact) mass is 342 g/mol. The molecule has 0 unspecified atom stereocenters. The van der Waals surface area contributed by atoms with Crippen LogP contribution < -0.4 is 0 Å². The molecule has 1 saturated carbocycles. The van der Waals surface area contributed by atoms with E-state index in [9.17, 15) is 14.0 Å². The summed E-state index contributed by atoms with van der Waals surface area (Å²) >= 11 is 0. The van der Waals surface area contributed by atoms with Crippen LogP contribution in [0.4, 0.5) is 4.39 Å². The van der Waals surface area contributed by atoms with Crippen LogP contribution in [0, 0.1) is 11.7 Å². The maximum atomic E-state index is 13.0. The molecule has 2 heterocycles. The Morgan fingerprint density at radius 1 is 1.00 bits per heavy atom. The summed E-state index contributed by atoms with van der Waals surface area (Å²) < 4.78 is 18.0. The van der Waals surface area contributed by atoms with Gasteiger partial charge in [-0.3, -0.25) is 9.59 Å². The van der Waals surface area contributed by atoms with Gasteiger partial charge in [0.2, 0.25) is 5.91 Å². The lowest BCUT2D eigenvalue weighted by Gasteiger charge is -2.34. The zero-order valence-electron chi connectivity index (χ0n) is 13.7. The molecule has 0 N–H and O–H groups in total. The van der Waals surface area contributed by atoms with Gasteiger partial charge in [0.15, 0.2) is 0 Å². The van der Waals surface area contributed by atoms with Crippen molar-refractivity contribution in [1.82, 2.24) is 9.80 Å². The molecule has 2 amide bonds. The van der Waals surface area contributed by atoms with E-state index in [1.165, 1.54) is 24.7 Å². The van der Waals surface area contributed by atoms with Crippen molar-refractivity contribution in [3.05, 3.63) is 59.8 Å². The fourth-order valence-electron chi connectivity index (χ4n) is 3.48. The molecule has 6 heteroatoms. The summed E-state index contributed by atoms with van der Waals surface area (Å²) in [6.07, 6.45) is 3.74. The van der Waals surface area contributed by atoms with Gasteiger partial charge in [0, 0.05) is 32.1 Å². The number of carbonyl (C=O) groups excluding carboxylic acids is 2. The van der Waals surface area contributed by atoms with Crippen LogP contribution >= 0.6 is 0 Å². The number of hydrogen-bond donors (Lipinski definition) is 0. The Hall–Kier alpha value is -2.63. The van der Waals surface area contributed by atoms with E-state index in [0.717, 1.165) is 12.0 Å². The Kier molecular flexibility index (Phi) is 4.03. The minimum absolute atomic E-state index is 0.0124. The minimum atomic E-state index is -0.259. The highest BCUT2D eigenvalue weighted by molar-refractivity contribution is 5.94. The highest BCUT2D eigenvalue weighted by atomic mass is 19.1. The quantitative estimate of drug-likeness (QED) is 0.861. The molecule has 1 aliphatic carbocycles. The minimum Gasteiger partial charge on any atom is -0.472 e. The summed E-state index contributed by atoms with van der Waals surface area (Å²) in [5.74, 6) is 0.00663. The molecule has 0 bridgehead atoms. The normalized spacial score (nSPS) is 22.8. The van der Waals surface area contributed by atoms with Crippen molar-refractivity contribution in [3.63, 3.8) is 0 Å². The molecule has 1 aromatic carbocycles. The Morgan fingerprint density at radius 3 is 2.32 bits per heavy atom. The van der Waals surface area contributed by atoms with Crippen molar-refractivity contribution < 1.29 is 18.4 Å². The van der Waals surface area contributed by atoms with Crippen molar-refractivity contribution >= 4 is 11.8 Å². The van der Waals surface area contributed by atoms with E-state index in [-0.39, 0.29) is 29.5 Å². The van der Waals surface area contributed by atoms with E-state index in [1.807, 2.05) is 4.90 Å². The van der Waals surface area contributed by atoms with Crippen LogP contribution in [0.25, 0.3) is 0 Å². The molecule has 0 spiro atoms. The van der Waals surface area contributed by atoms with Crippen molar-refractivity contribution in [3.8, 4) is 0 Å². The molecule has 4 rings (SSSR count). The second kappa shape index (κ2) is 6.35. The van der Waals surface area contributed by atoms with Gasteiger partial charge in [-0.05, 0) is 36.1 Å². The molecule has 1 aliphatic heterocycles. The van der Waals surface area contributed by atoms with Crippen LogP contribution in [0.5, 0.6) is 0 Å². The summed E-state index contributed by atoms with van der Waals surface area (Å²) in [6.45, 7) is 2.16. The zero-order chi connectivity index (χ0) is 17.4. The lowest BCUT2D eigenvalue weighted by Crippen LogP contribution is -2.51. The lowest BCUT2D eigenvalue weighted by atomic mass is 10.1. The van der Waals surface area contributed by atoms with Crippen molar-refractivity contribution in [1.29, 1.82) is 0 Å². The summed E-state index contributed by atoms with van der Waals surface area (Å²) in [6, 6.07) is 8.05. The first-order valence-electron chi connectivity index (χ1n) is 8.49. The number of benzene rings is 1. The Morgan fingerprint density at radius 2 is 1.68 bits per heavy atom. The molecular weight excluding hydrogens is 323 g/mol. The van der Waals surface area contributed by atoms with Crippen LogP contribution in [0.2, 0.25) is 0 Å². The van der Waals surface area contributed by atoms with Crippen LogP contribution in [0.3, 0.4) is 0 Å². The molecule has 25 heavy (non-hydrogen) atoms. The molecule has 2 atom stereocenters. The number of nitrogens with zero attached hydrogens (tertiary/aromatic N) is 2. The summed E-state index contributed by atoms with van der Waals surface area (Å²) in [7, 11) is 0. The maximum absolute atomic E-state index is 13.0. The van der Waals surface area contributed by atoms with Gasteiger partial charge in [-0.15, -0.1) is 0 Å². The smallest absolute Gasteiger partial charge is 0.257 e. The molecule has 2 aromatic rings. The van der Waals surface area contributed by atoms with Crippen LogP contribution in [0.1, 0.15) is 28.3 Å². The van der Waals surface area contributed by atoms with Crippen LogP contribution in [-0.2, 0) is 4.79 Å². The van der Waals surface area contributed by atoms with Gasteiger partial charge in [-0.25, -0.2) is 4.39 Å². The molecule has 0 radical (unpaired) electrons. The van der Waals surface area contributed by atoms with Crippen molar-refractivity contribution in [2.75, 3.05) is 26.2 Å². The van der Waals surface area contributed by atoms with Crippen LogP contribution in [-0.4, -0.2) is 47.8 Å². The first kappa shape index (κ1) is 15.9. The summed E-state index contributed by atoms with van der Waals surface area (Å²) in [4.78, 5) is 28.5. The van der Waals surface area contributed by atoms with E-state index in [1.54, 1.807) is 23.1 Å². The Bertz CT molecular complexity index is 764. The molecule has 130 valence electrons. The second-order valence-electron chi connectivity index (χ2n) is 6.63. The van der Waals surface area contributed by atoms with E-state index in [2.05, 4.69) is 0 Å². The fourth-order valence-corrected chi connectivity index (χ4v) is 3.48. The highest BCUT2D eigenvalue weighted by Crippen LogP contribution is 2.48. The first-order valence-corrected chi connectivity index (χ1v) is 8.49. The van der Waals surface area contributed by atoms with Crippen molar-refractivity contribution in [2.45, 2.75) is 12.3 Å². The SMILES string of the molecule is O=C(c1ccoc1)N1CCN(C(=O)[C@H]2C[C@H]2c2ccc(F)cc2)CC1. The van der Waals surface area contributed by atoms with E-state index < -0.39 is 0 Å². The van der Waals surface area contributed by atoms with Gasteiger partial charge < -0.3 is 14.2 Å². The number of rotatable bonds is 3. The van der Waals surface area contributed by atoms with Crippen molar-refractivity contribution in [2.24, 2.45) is 5.92 Å². The number of piperazine rings is 1. The largest absolute Gasteiger partial charge is 0.472 e. The summed E-state index contributed by atoms with van der Waals surface area (Å²) in [5.41, 5.74) is 1.56. The number of amides is 2. The van der Waals surface area contributed by atoms with Gasteiger partial charge in [-0.2, -0.15) is 0 Å². The number of hydrogen-bond acceptors (Lipinski definition) is 3. The van der Waals surface area contributed by atoms with Gasteiger partial charge in [0.25, 0.3) is 5.91 Å². The third-order valence-electron chi connectivity index (χ3n) is 5.05. The standard InChI is InChI=1S/C19H19FN2O3/c20-15-3-1-13(2-4-15)16-11-17(16)19(24)22-8-6-21(7-9-22)18(23)14-5-10-25-12-14/h1-5,10,12,16-17H,6-9,11H2/t16-,17-/m0/s1. The number of halogens is 1. The second-order valence-corrected chi connectivity index (χ2v) is 6.63. The van der Waals surface area contributed by atoms with E-state index in [4.69, 9.17) is 4.42 Å². The molecule has 2 aliphatic rings. The molecule has 1 aromatic heterocycles. The summed E-state index contributed by atoms with van der Waals surface area (Å²) in [5, 5.41) is 0. The van der Waals surface area contributed by atoms with Crippen LogP contribution in [0.15, 0.2) is 47.3 Å². The average molecular weight is 342 g/mol. The first-order chi connectivity index (χ1) is 12.1. The molecular formula is C19H19FN2O3. The van der Waals surface area contributed by atoms with E-state index in [0.29, 0.717) is 31.7 Å². The third kappa shape index (κ3) is 3.16. The highest BCUT2D eigenvalue weighted by Gasteiger charge is 2.46. The Balaban J connectivity index is 1.32. The maximum Gasteiger partial charge on any atom is 0.257 e. The van der Waals surface area contributed by atoms with Gasteiger partial charge in [0.05, 0.1) is 11.8 Å². The van der Waals surface area contributed by atoms with Gasteiger partial charge in [-0.1, -0.05) is 12.1 Å². The molecule has 5 nitrogen and oxygen atoms in total. The molecule has 2 fully saturated rings. The number of carbonyl (C=O) groups is 2.